The number of nitrogens with one attached hydrogen (secondary N) is 1. The zero-order chi connectivity index (χ0) is 15.7. The number of carboxylic acids is 1. The zero-order valence-corrected chi connectivity index (χ0v) is 12.8. The molecule has 0 bridgehead atoms. The highest BCUT2D eigenvalue weighted by Crippen LogP contribution is 2.28. The van der Waals surface area contributed by atoms with E-state index in [2.05, 4.69) is 4.72 Å². The minimum absolute atomic E-state index is 0.0381. The normalized spacial score (nSPS) is 11.5. The average molecular weight is 333 g/mol. The van der Waals surface area contributed by atoms with E-state index in [1.54, 1.807) is 18.2 Å². The molecule has 3 aromatic rings. The summed E-state index contributed by atoms with van der Waals surface area (Å²) in [6.07, 6.45) is 0. The molecule has 7 heteroatoms. The molecule has 5 nitrogen and oxygen atoms in total. The van der Waals surface area contributed by atoms with Gasteiger partial charge in [0, 0.05) is 5.39 Å². The molecule has 0 saturated carbocycles. The first kappa shape index (κ1) is 14.6. The van der Waals surface area contributed by atoms with Gasteiger partial charge in [-0.2, -0.15) is 0 Å². The summed E-state index contributed by atoms with van der Waals surface area (Å²) in [5, 5.41) is 12.0. The van der Waals surface area contributed by atoms with Gasteiger partial charge in [-0.15, -0.1) is 11.3 Å². The van der Waals surface area contributed by atoms with E-state index in [0.29, 0.717) is 5.39 Å². The molecule has 0 radical (unpaired) electrons. The van der Waals surface area contributed by atoms with Crippen molar-refractivity contribution in [3.63, 3.8) is 0 Å². The molecule has 0 aliphatic rings. The molecular formula is C15H11NO4S2. The molecule has 0 unspecified atom stereocenters. The summed E-state index contributed by atoms with van der Waals surface area (Å²) in [4.78, 5) is 11.2. The Kier molecular flexibility index (Phi) is 3.59. The molecule has 0 amide bonds. The summed E-state index contributed by atoms with van der Waals surface area (Å²) in [6, 6.07) is 13.5. The lowest BCUT2D eigenvalue weighted by Crippen LogP contribution is -2.14. The van der Waals surface area contributed by atoms with Crippen molar-refractivity contribution in [2.45, 2.75) is 4.90 Å². The van der Waals surface area contributed by atoms with Crippen LogP contribution < -0.4 is 4.72 Å². The monoisotopic (exact) mass is 333 g/mol. The van der Waals surface area contributed by atoms with Crippen molar-refractivity contribution in [1.82, 2.24) is 0 Å². The molecule has 0 atom stereocenters. The van der Waals surface area contributed by atoms with Crippen LogP contribution in [0.2, 0.25) is 0 Å². The molecule has 112 valence electrons. The van der Waals surface area contributed by atoms with E-state index in [1.807, 2.05) is 18.2 Å². The number of hydrogen-bond acceptors (Lipinski definition) is 4. The average Bonchev–Trinajstić information content (AvgIpc) is 2.94. The van der Waals surface area contributed by atoms with E-state index in [4.69, 9.17) is 5.11 Å². The van der Waals surface area contributed by atoms with Gasteiger partial charge >= 0.3 is 5.97 Å². The third-order valence-corrected chi connectivity index (χ3v) is 5.47. The first-order valence-electron chi connectivity index (χ1n) is 6.30. The van der Waals surface area contributed by atoms with Gasteiger partial charge in [0.15, 0.2) is 0 Å². The van der Waals surface area contributed by atoms with Crippen LogP contribution in [0, 0.1) is 0 Å². The Morgan fingerprint density at radius 2 is 1.77 bits per heavy atom. The molecule has 1 heterocycles. The van der Waals surface area contributed by atoms with Crippen molar-refractivity contribution in [3.8, 4) is 0 Å². The lowest BCUT2D eigenvalue weighted by molar-refractivity contribution is 0.0703. The number of carbonyl (C=O) groups is 1. The molecule has 2 N–H and O–H groups in total. The maximum atomic E-state index is 12.6. The summed E-state index contributed by atoms with van der Waals surface area (Å²) in [6.45, 7) is 0. The van der Waals surface area contributed by atoms with Crippen LogP contribution in [-0.4, -0.2) is 19.5 Å². The number of hydrogen-bond donors (Lipinski definition) is 2. The van der Waals surface area contributed by atoms with Crippen LogP contribution in [0.25, 0.3) is 10.8 Å². The lowest BCUT2D eigenvalue weighted by Gasteiger charge is -2.10. The van der Waals surface area contributed by atoms with Crippen LogP contribution in [0.5, 0.6) is 0 Å². The van der Waals surface area contributed by atoms with Gasteiger partial charge in [-0.3, -0.25) is 4.72 Å². The second-order valence-corrected chi connectivity index (χ2v) is 7.12. The predicted molar refractivity (Wildman–Crippen MR) is 86.0 cm³/mol. The highest BCUT2D eigenvalue weighted by molar-refractivity contribution is 7.93. The van der Waals surface area contributed by atoms with Crippen molar-refractivity contribution in [2.75, 3.05) is 4.72 Å². The Bertz CT molecular complexity index is 955. The van der Waals surface area contributed by atoms with E-state index in [0.717, 1.165) is 16.7 Å². The standard InChI is InChI=1S/C15H11NO4S2/c17-15(18)14-12(8-9-21-14)16-22(19,20)13-7-3-5-10-4-1-2-6-11(10)13/h1-9,16H,(H,17,18). The Labute approximate surface area is 130 Å². The molecule has 3 rings (SSSR count). The Hall–Kier alpha value is -2.38. The van der Waals surface area contributed by atoms with Gasteiger partial charge < -0.3 is 5.11 Å². The zero-order valence-electron chi connectivity index (χ0n) is 11.2. The summed E-state index contributed by atoms with van der Waals surface area (Å²) in [5.74, 6) is -1.16. The molecule has 0 saturated heterocycles. The van der Waals surface area contributed by atoms with Gasteiger partial charge in [-0.05, 0) is 22.9 Å². The largest absolute Gasteiger partial charge is 0.477 e. The van der Waals surface area contributed by atoms with Crippen LogP contribution in [0.3, 0.4) is 0 Å². The highest BCUT2D eigenvalue weighted by Gasteiger charge is 2.21. The van der Waals surface area contributed by atoms with Crippen LogP contribution in [0.15, 0.2) is 58.8 Å². The van der Waals surface area contributed by atoms with Crippen LogP contribution in [-0.2, 0) is 10.0 Å². The number of anilines is 1. The SMILES string of the molecule is O=C(O)c1sccc1NS(=O)(=O)c1cccc2ccccc12. The van der Waals surface area contributed by atoms with E-state index in [1.165, 1.54) is 17.5 Å². The number of carboxylic acid groups (broad SMARTS) is 1. The van der Waals surface area contributed by atoms with Crippen LogP contribution in [0.1, 0.15) is 9.67 Å². The first-order valence-corrected chi connectivity index (χ1v) is 8.67. The number of benzene rings is 2. The van der Waals surface area contributed by atoms with Gasteiger partial charge in [0.25, 0.3) is 10.0 Å². The summed E-state index contributed by atoms with van der Waals surface area (Å²) >= 11 is 0.971. The third-order valence-electron chi connectivity index (χ3n) is 3.14. The van der Waals surface area contributed by atoms with Gasteiger partial charge in [-0.25, -0.2) is 13.2 Å². The minimum atomic E-state index is -3.87. The first-order chi connectivity index (χ1) is 10.5. The molecule has 0 spiro atoms. The molecule has 0 fully saturated rings. The van der Waals surface area contributed by atoms with Gasteiger partial charge in [0.05, 0.1) is 10.6 Å². The maximum Gasteiger partial charge on any atom is 0.348 e. The smallest absolute Gasteiger partial charge is 0.348 e. The topological polar surface area (TPSA) is 83.5 Å². The van der Waals surface area contributed by atoms with Gasteiger partial charge in [0.2, 0.25) is 0 Å². The van der Waals surface area contributed by atoms with Crippen molar-refractivity contribution < 1.29 is 18.3 Å². The van der Waals surface area contributed by atoms with Crippen molar-refractivity contribution in [3.05, 3.63) is 58.8 Å². The number of thiophene rings is 1. The van der Waals surface area contributed by atoms with Crippen molar-refractivity contribution >= 4 is 43.8 Å². The van der Waals surface area contributed by atoms with Crippen molar-refractivity contribution in [2.24, 2.45) is 0 Å². The molecule has 2 aromatic carbocycles. The van der Waals surface area contributed by atoms with E-state index in [-0.39, 0.29) is 15.5 Å². The molecule has 0 aliphatic carbocycles. The van der Waals surface area contributed by atoms with Gasteiger partial charge in [0.1, 0.15) is 4.88 Å². The van der Waals surface area contributed by atoms with Crippen LogP contribution >= 0.6 is 11.3 Å². The number of fused-ring (bicyclic) bond motifs is 1. The Morgan fingerprint density at radius 1 is 1.05 bits per heavy atom. The maximum absolute atomic E-state index is 12.6. The molecule has 22 heavy (non-hydrogen) atoms. The van der Waals surface area contributed by atoms with E-state index in [9.17, 15) is 13.2 Å². The number of aromatic carboxylic acids is 1. The summed E-state index contributed by atoms with van der Waals surface area (Å²) in [7, 11) is -3.87. The fraction of sp³-hybridized carbons (Fsp3) is 0. The quantitative estimate of drug-likeness (QED) is 0.766. The fourth-order valence-electron chi connectivity index (χ4n) is 2.19. The molecule has 0 aliphatic heterocycles. The number of rotatable bonds is 4. The highest BCUT2D eigenvalue weighted by atomic mass is 32.2. The predicted octanol–water partition coefficient (Wildman–Crippen LogP) is 3.40. The molecule has 1 aromatic heterocycles. The summed E-state index contributed by atoms with van der Waals surface area (Å²) < 4.78 is 27.5. The lowest BCUT2D eigenvalue weighted by atomic mass is 10.1. The second-order valence-electron chi connectivity index (χ2n) is 4.55. The second kappa shape index (κ2) is 5.43. The van der Waals surface area contributed by atoms with Crippen LogP contribution in [0.4, 0.5) is 5.69 Å². The van der Waals surface area contributed by atoms with E-state index >= 15 is 0 Å². The Morgan fingerprint density at radius 3 is 2.55 bits per heavy atom. The minimum Gasteiger partial charge on any atom is -0.477 e. The van der Waals surface area contributed by atoms with Gasteiger partial charge in [-0.1, -0.05) is 36.4 Å². The van der Waals surface area contributed by atoms with E-state index < -0.39 is 16.0 Å². The summed E-state index contributed by atoms with van der Waals surface area (Å²) in [5.41, 5.74) is 0.0745. The fourth-order valence-corrected chi connectivity index (χ4v) is 4.24. The molecular weight excluding hydrogens is 322 g/mol. The third kappa shape index (κ3) is 2.56. The number of sulfonamides is 1. The van der Waals surface area contributed by atoms with Crippen molar-refractivity contribution in [1.29, 1.82) is 0 Å². The Balaban J connectivity index is 2.09.